The van der Waals surface area contributed by atoms with E-state index in [0.29, 0.717) is 17.2 Å². The number of hydrogen-bond acceptors (Lipinski definition) is 5. The Morgan fingerprint density at radius 1 is 0.317 bits per heavy atom. The van der Waals surface area contributed by atoms with Crippen molar-refractivity contribution >= 4 is 10.9 Å². The quantitative estimate of drug-likeness (QED) is 0.154. The Labute approximate surface area is 348 Å². The number of rotatable bonds is 8. The van der Waals surface area contributed by atoms with Gasteiger partial charge in [0.25, 0.3) is 0 Å². The lowest BCUT2D eigenvalue weighted by atomic mass is 9.93. The number of benzene rings is 8. The van der Waals surface area contributed by atoms with Crippen LogP contribution in [0.15, 0.2) is 212 Å². The Morgan fingerprint density at radius 3 is 1.57 bits per heavy atom. The standard InChI is InChI=1S/C55H35N5/c56-36-37-28-30-38(31-29-37)41-18-12-22-45(33-41)51-35-52(59-54(58-51)40-16-5-2-6-17-40)48-25-8-7-24-47(48)44-21-11-19-42(32-44)43-20-13-23-46(34-43)55-57-50-27-10-9-26-49(50)53(60-55)39-14-3-1-4-15-39/h1-35H. The van der Waals surface area contributed by atoms with Gasteiger partial charge in [-0.15, -0.1) is 0 Å². The Hall–Kier alpha value is -8.33. The van der Waals surface area contributed by atoms with Crippen molar-refractivity contribution in [3.63, 3.8) is 0 Å². The maximum absolute atomic E-state index is 9.34. The molecule has 10 aromatic rings. The fourth-order valence-corrected chi connectivity index (χ4v) is 7.73. The van der Waals surface area contributed by atoms with Crippen LogP contribution in [0.25, 0.3) is 101 Å². The zero-order valence-electron chi connectivity index (χ0n) is 32.4. The van der Waals surface area contributed by atoms with Crippen molar-refractivity contribution in [2.24, 2.45) is 0 Å². The smallest absolute Gasteiger partial charge is 0.160 e. The van der Waals surface area contributed by atoms with Gasteiger partial charge in [0, 0.05) is 33.2 Å². The SMILES string of the molecule is N#Cc1ccc(-c2cccc(-c3cc(-c4ccccc4-c4cccc(-c5cccc(-c6nc(-c7ccccc7)c7ccccc7n6)c5)c4)nc(-c4ccccc4)n3)c2)cc1. The molecule has 0 N–H and O–H groups in total. The Balaban J connectivity index is 1.05. The van der Waals surface area contributed by atoms with E-state index in [1.165, 1.54) is 0 Å². The molecule has 5 heteroatoms. The van der Waals surface area contributed by atoms with Crippen LogP contribution in [0.2, 0.25) is 0 Å². The molecule has 0 radical (unpaired) electrons. The van der Waals surface area contributed by atoms with Crippen LogP contribution in [-0.4, -0.2) is 19.9 Å². The van der Waals surface area contributed by atoms with E-state index in [4.69, 9.17) is 19.9 Å². The first kappa shape index (κ1) is 36.0. The number of fused-ring (bicyclic) bond motifs is 1. The van der Waals surface area contributed by atoms with Crippen LogP contribution >= 0.6 is 0 Å². The molecule has 0 aliphatic carbocycles. The van der Waals surface area contributed by atoms with E-state index in [2.05, 4.69) is 133 Å². The maximum Gasteiger partial charge on any atom is 0.160 e. The summed E-state index contributed by atoms with van der Waals surface area (Å²) in [6.07, 6.45) is 0. The molecule has 280 valence electrons. The highest BCUT2D eigenvalue weighted by Crippen LogP contribution is 2.37. The molecule has 10 rings (SSSR count). The lowest BCUT2D eigenvalue weighted by Crippen LogP contribution is -1.97. The number of nitrogens with zero attached hydrogens (tertiary/aromatic N) is 5. The molecule has 0 saturated carbocycles. The molecular weight excluding hydrogens is 731 g/mol. The van der Waals surface area contributed by atoms with Crippen molar-refractivity contribution in [3.05, 3.63) is 218 Å². The van der Waals surface area contributed by atoms with Gasteiger partial charge in [-0.1, -0.05) is 170 Å². The van der Waals surface area contributed by atoms with Crippen molar-refractivity contribution < 1.29 is 0 Å². The molecule has 0 saturated heterocycles. The minimum atomic E-state index is 0.633. The first-order valence-electron chi connectivity index (χ1n) is 19.9. The fraction of sp³-hybridized carbons (Fsp3) is 0. The topological polar surface area (TPSA) is 75.3 Å². The van der Waals surface area contributed by atoms with Gasteiger partial charge in [-0.2, -0.15) is 5.26 Å². The molecule has 5 nitrogen and oxygen atoms in total. The van der Waals surface area contributed by atoms with E-state index >= 15 is 0 Å². The van der Waals surface area contributed by atoms with Gasteiger partial charge in [0.15, 0.2) is 11.6 Å². The summed E-state index contributed by atoms with van der Waals surface area (Å²) < 4.78 is 0. The van der Waals surface area contributed by atoms with E-state index in [1.807, 2.05) is 84.9 Å². The molecule has 8 aromatic carbocycles. The largest absolute Gasteiger partial charge is 0.228 e. The number of aromatic nitrogens is 4. The zero-order chi connectivity index (χ0) is 40.3. The Kier molecular flexibility index (Phi) is 9.55. The van der Waals surface area contributed by atoms with Crippen LogP contribution in [-0.2, 0) is 0 Å². The summed E-state index contributed by atoms with van der Waals surface area (Å²) in [7, 11) is 0. The Bertz CT molecular complexity index is 3210. The molecule has 0 amide bonds. The van der Waals surface area contributed by atoms with Crippen molar-refractivity contribution in [1.82, 2.24) is 19.9 Å². The van der Waals surface area contributed by atoms with E-state index in [0.717, 1.165) is 89.2 Å². The lowest BCUT2D eigenvalue weighted by Gasteiger charge is -2.14. The maximum atomic E-state index is 9.34. The van der Waals surface area contributed by atoms with Crippen LogP contribution in [0, 0.1) is 11.3 Å². The normalized spacial score (nSPS) is 11.0. The van der Waals surface area contributed by atoms with E-state index in [1.54, 1.807) is 0 Å². The van der Waals surface area contributed by atoms with E-state index in [-0.39, 0.29) is 0 Å². The van der Waals surface area contributed by atoms with Crippen molar-refractivity contribution in [2.75, 3.05) is 0 Å². The summed E-state index contributed by atoms with van der Waals surface area (Å²) in [6, 6.07) is 74.6. The fourth-order valence-electron chi connectivity index (χ4n) is 7.73. The second-order valence-electron chi connectivity index (χ2n) is 14.6. The summed E-state index contributed by atoms with van der Waals surface area (Å²) in [5.74, 6) is 1.34. The summed E-state index contributed by atoms with van der Waals surface area (Å²) in [5.41, 5.74) is 15.4. The molecule has 2 heterocycles. The minimum Gasteiger partial charge on any atom is -0.228 e. The minimum absolute atomic E-state index is 0.633. The first-order chi connectivity index (χ1) is 29.7. The molecule has 0 aliphatic rings. The predicted molar refractivity (Wildman–Crippen MR) is 243 cm³/mol. The molecule has 0 unspecified atom stereocenters. The van der Waals surface area contributed by atoms with E-state index < -0.39 is 0 Å². The molecule has 2 aromatic heterocycles. The first-order valence-corrected chi connectivity index (χ1v) is 19.9. The van der Waals surface area contributed by atoms with Gasteiger partial charge < -0.3 is 0 Å². The number of nitriles is 1. The molecule has 0 aliphatic heterocycles. The van der Waals surface area contributed by atoms with Crippen LogP contribution in [0.5, 0.6) is 0 Å². The summed E-state index contributed by atoms with van der Waals surface area (Å²) in [6.45, 7) is 0. The highest BCUT2D eigenvalue weighted by atomic mass is 14.9. The number of para-hydroxylation sites is 1. The van der Waals surface area contributed by atoms with Crippen LogP contribution < -0.4 is 0 Å². The highest BCUT2D eigenvalue weighted by molar-refractivity contribution is 5.94. The van der Waals surface area contributed by atoms with Crippen molar-refractivity contribution in [3.8, 4) is 96.0 Å². The van der Waals surface area contributed by atoms with Crippen LogP contribution in [0.4, 0.5) is 0 Å². The molecular formula is C55H35N5. The van der Waals surface area contributed by atoms with Gasteiger partial charge in [-0.05, 0) is 75.8 Å². The lowest BCUT2D eigenvalue weighted by molar-refractivity contribution is 1.18. The molecule has 0 fully saturated rings. The number of hydrogen-bond donors (Lipinski definition) is 0. The van der Waals surface area contributed by atoms with Gasteiger partial charge in [-0.3, -0.25) is 0 Å². The second-order valence-corrected chi connectivity index (χ2v) is 14.6. The van der Waals surface area contributed by atoms with E-state index in [9.17, 15) is 5.26 Å². The van der Waals surface area contributed by atoms with Crippen LogP contribution in [0.1, 0.15) is 5.56 Å². The van der Waals surface area contributed by atoms with Gasteiger partial charge >= 0.3 is 0 Å². The average Bonchev–Trinajstić information content (AvgIpc) is 3.34. The molecule has 0 atom stereocenters. The monoisotopic (exact) mass is 765 g/mol. The summed E-state index contributed by atoms with van der Waals surface area (Å²) in [4.78, 5) is 20.5. The average molecular weight is 766 g/mol. The highest BCUT2D eigenvalue weighted by Gasteiger charge is 2.16. The van der Waals surface area contributed by atoms with Gasteiger partial charge in [0.2, 0.25) is 0 Å². The second kappa shape index (κ2) is 15.9. The van der Waals surface area contributed by atoms with Gasteiger partial charge in [-0.25, -0.2) is 19.9 Å². The van der Waals surface area contributed by atoms with Gasteiger partial charge in [0.1, 0.15) is 0 Å². The summed E-state index contributed by atoms with van der Waals surface area (Å²) >= 11 is 0. The molecule has 0 spiro atoms. The van der Waals surface area contributed by atoms with Crippen molar-refractivity contribution in [1.29, 1.82) is 5.26 Å². The predicted octanol–water partition coefficient (Wildman–Crippen LogP) is 13.6. The van der Waals surface area contributed by atoms with Gasteiger partial charge in [0.05, 0.1) is 34.2 Å². The van der Waals surface area contributed by atoms with Crippen molar-refractivity contribution in [2.45, 2.75) is 0 Å². The molecule has 60 heavy (non-hydrogen) atoms. The van der Waals surface area contributed by atoms with Crippen LogP contribution in [0.3, 0.4) is 0 Å². The third kappa shape index (κ3) is 7.22. The summed E-state index contributed by atoms with van der Waals surface area (Å²) in [5, 5.41) is 10.4. The Morgan fingerprint density at radius 2 is 0.833 bits per heavy atom. The third-order valence-corrected chi connectivity index (χ3v) is 10.7. The molecule has 0 bridgehead atoms. The zero-order valence-corrected chi connectivity index (χ0v) is 32.4. The third-order valence-electron chi connectivity index (χ3n) is 10.7.